The number of halogens is 1. The minimum Gasteiger partial charge on any atom is -0.362 e. The number of fused-ring (bicyclic) bond motifs is 1. The molecule has 8 heteroatoms. The van der Waals surface area contributed by atoms with Gasteiger partial charge in [0.25, 0.3) is 5.56 Å². The molecular formula is C25H29ClN6O. The van der Waals surface area contributed by atoms with E-state index in [1.54, 1.807) is 17.1 Å². The lowest BCUT2D eigenvalue weighted by Gasteiger charge is -2.22. The minimum atomic E-state index is -0.135. The molecule has 0 aliphatic heterocycles. The van der Waals surface area contributed by atoms with Crippen molar-refractivity contribution in [2.24, 2.45) is 7.05 Å². The molecule has 1 saturated carbocycles. The molecule has 1 aliphatic carbocycles. The van der Waals surface area contributed by atoms with E-state index in [0.717, 1.165) is 46.0 Å². The summed E-state index contributed by atoms with van der Waals surface area (Å²) in [5.41, 5.74) is 3.74. The lowest BCUT2D eigenvalue weighted by atomic mass is 10.00. The van der Waals surface area contributed by atoms with Gasteiger partial charge in [-0.1, -0.05) is 32.0 Å². The number of anilines is 1. The fraction of sp³-hybridized carbons (Fsp3) is 0.360. The molecule has 33 heavy (non-hydrogen) atoms. The molecule has 3 aromatic heterocycles. The molecule has 0 amide bonds. The highest BCUT2D eigenvalue weighted by molar-refractivity contribution is 6.28. The molecule has 1 unspecified atom stereocenters. The summed E-state index contributed by atoms with van der Waals surface area (Å²) in [4.78, 5) is 22.1. The average Bonchev–Trinajstić information content (AvgIpc) is 3.56. The second kappa shape index (κ2) is 9.35. The number of aryl methyl sites for hydroxylation is 2. The Morgan fingerprint density at radius 3 is 2.64 bits per heavy atom. The highest BCUT2D eigenvalue weighted by atomic mass is 35.5. The van der Waals surface area contributed by atoms with Gasteiger partial charge in [0.05, 0.1) is 17.6 Å². The fourth-order valence-corrected chi connectivity index (χ4v) is 4.22. The molecule has 0 spiro atoms. The third-order valence-electron chi connectivity index (χ3n) is 5.78. The zero-order valence-corrected chi connectivity index (χ0v) is 20.4. The molecular weight excluding hydrogens is 436 g/mol. The van der Waals surface area contributed by atoms with E-state index >= 15 is 0 Å². The van der Waals surface area contributed by atoms with Gasteiger partial charge < -0.3 is 9.88 Å². The van der Waals surface area contributed by atoms with Crippen LogP contribution in [0, 0.1) is 6.92 Å². The molecule has 4 aromatic rings. The smallest absolute Gasteiger partial charge is 0.259 e. The average molecular weight is 465 g/mol. The Morgan fingerprint density at radius 2 is 1.97 bits per heavy atom. The van der Waals surface area contributed by atoms with Crippen LogP contribution in [0.25, 0.3) is 21.9 Å². The Bertz CT molecular complexity index is 1360. The Hall–Kier alpha value is -3.19. The lowest BCUT2D eigenvalue weighted by molar-refractivity contribution is 0.635. The highest BCUT2D eigenvalue weighted by Crippen LogP contribution is 2.38. The van der Waals surface area contributed by atoms with Crippen LogP contribution in [0.2, 0.25) is 5.28 Å². The number of hydrogen-bond acceptors (Lipinski definition) is 5. The van der Waals surface area contributed by atoms with Gasteiger partial charge in [0.1, 0.15) is 5.82 Å². The van der Waals surface area contributed by atoms with Crippen molar-refractivity contribution in [2.45, 2.75) is 52.6 Å². The van der Waals surface area contributed by atoms with Gasteiger partial charge >= 0.3 is 0 Å². The number of nitrogens with one attached hydrogen (secondary N) is 1. The Balaban J connectivity index is 0.00000126. The molecule has 1 N–H and O–H groups in total. The maximum Gasteiger partial charge on any atom is 0.259 e. The van der Waals surface area contributed by atoms with E-state index < -0.39 is 0 Å². The molecule has 0 radical (unpaired) electrons. The van der Waals surface area contributed by atoms with E-state index in [4.69, 9.17) is 11.6 Å². The maximum absolute atomic E-state index is 13.8. The van der Waals surface area contributed by atoms with Crippen LogP contribution in [0.3, 0.4) is 0 Å². The number of pyridine rings is 1. The number of aromatic nitrogens is 5. The maximum atomic E-state index is 13.8. The Morgan fingerprint density at radius 1 is 1.21 bits per heavy atom. The second-order valence-electron chi connectivity index (χ2n) is 8.18. The predicted molar refractivity (Wildman–Crippen MR) is 134 cm³/mol. The van der Waals surface area contributed by atoms with Crippen molar-refractivity contribution in [3.63, 3.8) is 0 Å². The summed E-state index contributed by atoms with van der Waals surface area (Å²) in [7, 11) is 1.88. The molecule has 3 heterocycles. The summed E-state index contributed by atoms with van der Waals surface area (Å²) >= 11 is 5.99. The normalized spacial score (nSPS) is 14.0. The van der Waals surface area contributed by atoms with Crippen molar-refractivity contribution in [1.29, 1.82) is 0 Å². The Kier molecular flexibility index (Phi) is 6.51. The Labute approximate surface area is 198 Å². The van der Waals surface area contributed by atoms with Crippen molar-refractivity contribution >= 4 is 28.2 Å². The van der Waals surface area contributed by atoms with Crippen LogP contribution in [0.1, 0.15) is 57.0 Å². The number of rotatable bonds is 5. The molecule has 1 aliphatic rings. The summed E-state index contributed by atoms with van der Waals surface area (Å²) in [5.74, 6) is 0.673. The summed E-state index contributed by atoms with van der Waals surface area (Å²) in [6, 6.07) is 8.19. The zero-order chi connectivity index (χ0) is 23.7. The van der Waals surface area contributed by atoms with Crippen LogP contribution in [0.5, 0.6) is 0 Å². The molecule has 0 bridgehead atoms. The van der Waals surface area contributed by atoms with Gasteiger partial charge in [-0.15, -0.1) is 0 Å². The molecule has 1 aromatic carbocycles. The molecule has 1 fully saturated rings. The third-order valence-corrected chi connectivity index (χ3v) is 5.96. The second-order valence-corrected chi connectivity index (χ2v) is 8.52. The van der Waals surface area contributed by atoms with E-state index in [1.165, 1.54) is 0 Å². The van der Waals surface area contributed by atoms with E-state index in [-0.39, 0.29) is 22.9 Å². The monoisotopic (exact) mass is 464 g/mol. The first kappa shape index (κ1) is 23.0. The highest BCUT2D eigenvalue weighted by Gasteiger charge is 2.30. The van der Waals surface area contributed by atoms with Crippen molar-refractivity contribution in [1.82, 2.24) is 24.3 Å². The molecule has 7 nitrogen and oxygen atoms in total. The molecule has 5 rings (SSSR count). The summed E-state index contributed by atoms with van der Waals surface area (Å²) in [5, 5.41) is 9.56. The largest absolute Gasteiger partial charge is 0.362 e. The van der Waals surface area contributed by atoms with Gasteiger partial charge in [0, 0.05) is 42.3 Å². The minimum absolute atomic E-state index is 0.0422. The topological polar surface area (TPSA) is 77.6 Å². The van der Waals surface area contributed by atoms with Gasteiger partial charge in [0.2, 0.25) is 5.28 Å². The van der Waals surface area contributed by atoms with E-state index in [0.29, 0.717) is 5.82 Å². The van der Waals surface area contributed by atoms with Crippen LogP contribution in [0.4, 0.5) is 5.82 Å². The zero-order valence-electron chi connectivity index (χ0n) is 19.6. The first-order valence-electron chi connectivity index (χ1n) is 11.3. The summed E-state index contributed by atoms with van der Waals surface area (Å²) in [6.07, 6.45) is 7.46. The fourth-order valence-electron chi connectivity index (χ4n) is 4.09. The van der Waals surface area contributed by atoms with Crippen LogP contribution < -0.4 is 10.9 Å². The van der Waals surface area contributed by atoms with Crippen LogP contribution >= 0.6 is 11.6 Å². The third kappa shape index (κ3) is 4.50. The first-order valence-corrected chi connectivity index (χ1v) is 11.7. The van der Waals surface area contributed by atoms with Gasteiger partial charge in [-0.25, -0.2) is 9.97 Å². The standard InChI is InChI=1S/C23H23ClN6O.C2H6/c1-13-10-25-23(24)28-21(13)27-14(2)19-9-15-5-4-6-18(16-11-26-29(3)12-16)20(15)22(31)30(19)17-7-8-17;1-2/h4-6,9-12,14,17H,7-8H2,1-3H3,(H,25,27,28);1-2H3. The summed E-state index contributed by atoms with van der Waals surface area (Å²) in [6.45, 7) is 7.97. The number of nitrogens with zero attached hydrogens (tertiary/aromatic N) is 5. The van der Waals surface area contributed by atoms with Crippen molar-refractivity contribution in [3.8, 4) is 11.1 Å². The van der Waals surface area contributed by atoms with Crippen molar-refractivity contribution in [3.05, 3.63) is 69.8 Å². The SMILES string of the molecule is CC.Cc1cnc(Cl)nc1NC(C)c1cc2cccc(-c3cnn(C)c3)c2c(=O)n1C1CC1. The molecule has 0 saturated heterocycles. The van der Waals surface area contributed by atoms with Gasteiger partial charge in [-0.05, 0) is 55.3 Å². The first-order chi connectivity index (χ1) is 15.9. The van der Waals surface area contributed by atoms with Gasteiger partial charge in [-0.2, -0.15) is 5.10 Å². The quantitative estimate of drug-likeness (QED) is 0.384. The van der Waals surface area contributed by atoms with Crippen molar-refractivity contribution in [2.75, 3.05) is 5.32 Å². The molecule has 1 atom stereocenters. The van der Waals surface area contributed by atoms with Gasteiger partial charge in [-0.3, -0.25) is 9.48 Å². The van der Waals surface area contributed by atoms with Crippen LogP contribution in [-0.4, -0.2) is 24.3 Å². The van der Waals surface area contributed by atoms with E-state index in [1.807, 2.05) is 63.7 Å². The lowest BCUT2D eigenvalue weighted by Crippen LogP contribution is -2.26. The molecule has 172 valence electrons. The summed E-state index contributed by atoms with van der Waals surface area (Å²) < 4.78 is 3.71. The van der Waals surface area contributed by atoms with Gasteiger partial charge in [0.15, 0.2) is 0 Å². The number of benzene rings is 1. The number of hydrogen-bond donors (Lipinski definition) is 1. The van der Waals surface area contributed by atoms with E-state index in [2.05, 4.69) is 26.4 Å². The van der Waals surface area contributed by atoms with Crippen molar-refractivity contribution < 1.29 is 0 Å². The van der Waals surface area contributed by atoms with Crippen LogP contribution in [0.15, 0.2) is 47.7 Å². The van der Waals surface area contributed by atoms with E-state index in [9.17, 15) is 4.79 Å². The predicted octanol–water partition coefficient (Wildman–Crippen LogP) is 5.69. The van der Waals surface area contributed by atoms with Crippen LogP contribution in [-0.2, 0) is 7.05 Å².